The van der Waals surface area contributed by atoms with Gasteiger partial charge < -0.3 is 19.7 Å². The number of carbonyl (C=O) groups excluding carboxylic acids is 2. The highest BCUT2D eigenvalue weighted by Gasteiger charge is 2.26. The topological polar surface area (TPSA) is 67.9 Å². The van der Waals surface area contributed by atoms with Gasteiger partial charge in [0.15, 0.2) is 0 Å². The van der Waals surface area contributed by atoms with Crippen molar-refractivity contribution in [3.05, 3.63) is 35.9 Å². The summed E-state index contributed by atoms with van der Waals surface area (Å²) in [5.41, 5.74) is 0.976. The monoisotopic (exact) mass is 320 g/mol. The van der Waals surface area contributed by atoms with E-state index in [2.05, 4.69) is 5.32 Å². The van der Waals surface area contributed by atoms with E-state index in [0.29, 0.717) is 13.1 Å². The number of hydrogen-bond donors (Lipinski definition) is 1. The normalized spacial score (nSPS) is 16.7. The summed E-state index contributed by atoms with van der Waals surface area (Å²) in [7, 11) is 1.38. The first-order valence-electron chi connectivity index (χ1n) is 7.89. The molecule has 0 aliphatic carbocycles. The summed E-state index contributed by atoms with van der Waals surface area (Å²) in [5, 5.41) is 3.23. The molecule has 1 amide bonds. The molecular formula is C17H24N2O4. The lowest BCUT2D eigenvalue weighted by Gasteiger charge is -2.32. The molecule has 1 aromatic rings. The van der Waals surface area contributed by atoms with Crippen LogP contribution in [0.5, 0.6) is 0 Å². The summed E-state index contributed by atoms with van der Waals surface area (Å²) in [5.74, 6) is -0.269. The third-order valence-corrected chi connectivity index (χ3v) is 4.00. The number of amides is 1. The predicted octanol–water partition coefficient (Wildman–Crippen LogP) is 1.94. The van der Waals surface area contributed by atoms with Crippen molar-refractivity contribution in [1.82, 2.24) is 10.2 Å². The van der Waals surface area contributed by atoms with Crippen LogP contribution in [-0.4, -0.2) is 49.2 Å². The van der Waals surface area contributed by atoms with E-state index in [-0.39, 0.29) is 30.8 Å². The molecule has 1 saturated heterocycles. The zero-order valence-corrected chi connectivity index (χ0v) is 13.7. The van der Waals surface area contributed by atoms with E-state index in [4.69, 9.17) is 9.47 Å². The van der Waals surface area contributed by atoms with Crippen LogP contribution in [0.15, 0.2) is 30.3 Å². The maximum atomic E-state index is 12.1. The minimum absolute atomic E-state index is 0.210. The van der Waals surface area contributed by atoms with Gasteiger partial charge in [0.05, 0.1) is 7.11 Å². The highest BCUT2D eigenvalue weighted by atomic mass is 16.6. The molecule has 1 aliphatic heterocycles. The molecule has 126 valence electrons. The fourth-order valence-corrected chi connectivity index (χ4v) is 2.64. The highest BCUT2D eigenvalue weighted by molar-refractivity contribution is 5.75. The van der Waals surface area contributed by atoms with Gasteiger partial charge in [-0.3, -0.25) is 4.79 Å². The van der Waals surface area contributed by atoms with Crippen molar-refractivity contribution in [2.45, 2.75) is 38.5 Å². The second-order valence-electron chi connectivity index (χ2n) is 5.71. The average molecular weight is 320 g/mol. The Morgan fingerprint density at radius 3 is 2.52 bits per heavy atom. The smallest absolute Gasteiger partial charge is 0.410 e. The first kappa shape index (κ1) is 17.3. The number of carbonyl (C=O) groups is 2. The molecule has 1 N–H and O–H groups in total. The van der Waals surface area contributed by atoms with Gasteiger partial charge in [0.25, 0.3) is 0 Å². The van der Waals surface area contributed by atoms with Gasteiger partial charge in [0.1, 0.15) is 12.6 Å². The van der Waals surface area contributed by atoms with E-state index >= 15 is 0 Å². The Labute approximate surface area is 136 Å². The molecule has 0 saturated carbocycles. The molecule has 0 aromatic heterocycles. The van der Waals surface area contributed by atoms with Crippen molar-refractivity contribution >= 4 is 12.1 Å². The Hall–Kier alpha value is -2.08. The summed E-state index contributed by atoms with van der Waals surface area (Å²) in [6, 6.07) is 9.50. The third-order valence-electron chi connectivity index (χ3n) is 4.00. The number of benzene rings is 1. The molecule has 1 aliphatic rings. The molecule has 0 radical (unpaired) electrons. The summed E-state index contributed by atoms with van der Waals surface area (Å²) < 4.78 is 10.0. The third kappa shape index (κ3) is 5.25. The number of methoxy groups -OCH3 is 1. The quantitative estimate of drug-likeness (QED) is 0.840. The van der Waals surface area contributed by atoms with Gasteiger partial charge in [-0.2, -0.15) is 0 Å². The van der Waals surface area contributed by atoms with Gasteiger partial charge in [0, 0.05) is 19.1 Å². The van der Waals surface area contributed by atoms with Crippen molar-refractivity contribution in [3.63, 3.8) is 0 Å². The van der Waals surface area contributed by atoms with Gasteiger partial charge in [-0.05, 0) is 25.3 Å². The van der Waals surface area contributed by atoms with Crippen molar-refractivity contribution in [2.24, 2.45) is 0 Å². The lowest BCUT2D eigenvalue weighted by atomic mass is 10.0. The van der Waals surface area contributed by atoms with Gasteiger partial charge in [0.2, 0.25) is 0 Å². The van der Waals surface area contributed by atoms with Crippen LogP contribution in [0.2, 0.25) is 0 Å². The number of ether oxygens (including phenoxy) is 2. The number of piperidine rings is 1. The summed E-state index contributed by atoms with van der Waals surface area (Å²) in [6.45, 7) is 3.32. The lowest BCUT2D eigenvalue weighted by molar-refractivity contribution is -0.142. The van der Waals surface area contributed by atoms with Gasteiger partial charge in [-0.1, -0.05) is 30.3 Å². The Morgan fingerprint density at radius 1 is 1.26 bits per heavy atom. The van der Waals surface area contributed by atoms with E-state index in [1.54, 1.807) is 11.8 Å². The van der Waals surface area contributed by atoms with Crippen molar-refractivity contribution in [3.8, 4) is 0 Å². The SMILES string of the molecule is COC(=O)[C@@H](C)NC1CCN(C(=O)OCc2ccccc2)CC1. The first-order chi connectivity index (χ1) is 11.1. The van der Waals surface area contributed by atoms with Crippen molar-refractivity contribution < 1.29 is 19.1 Å². The fourth-order valence-electron chi connectivity index (χ4n) is 2.64. The van der Waals surface area contributed by atoms with Crippen LogP contribution in [-0.2, 0) is 20.9 Å². The fraction of sp³-hybridized carbons (Fsp3) is 0.529. The van der Waals surface area contributed by atoms with E-state index in [1.165, 1.54) is 7.11 Å². The van der Waals surface area contributed by atoms with Gasteiger partial charge in [-0.25, -0.2) is 4.79 Å². The molecule has 1 aromatic carbocycles. The molecular weight excluding hydrogens is 296 g/mol. The van der Waals surface area contributed by atoms with E-state index < -0.39 is 0 Å². The molecule has 6 nitrogen and oxygen atoms in total. The molecule has 1 atom stereocenters. The Morgan fingerprint density at radius 2 is 1.91 bits per heavy atom. The molecule has 1 heterocycles. The predicted molar refractivity (Wildman–Crippen MR) is 85.8 cm³/mol. The first-order valence-corrected chi connectivity index (χ1v) is 7.89. The van der Waals surface area contributed by atoms with Crippen LogP contribution >= 0.6 is 0 Å². The van der Waals surface area contributed by atoms with Crippen LogP contribution in [0.1, 0.15) is 25.3 Å². The van der Waals surface area contributed by atoms with Gasteiger partial charge >= 0.3 is 12.1 Å². The molecule has 23 heavy (non-hydrogen) atoms. The standard InChI is InChI=1S/C17H24N2O4/c1-13(16(20)22-2)18-15-8-10-19(11-9-15)17(21)23-12-14-6-4-3-5-7-14/h3-7,13,15,18H,8-12H2,1-2H3/t13-/m1/s1. The van der Waals surface area contributed by atoms with Crippen molar-refractivity contribution in [2.75, 3.05) is 20.2 Å². The lowest BCUT2D eigenvalue weighted by Crippen LogP contribution is -2.49. The Kier molecular flexibility index (Phi) is 6.40. The Bertz CT molecular complexity index is 513. The van der Waals surface area contributed by atoms with Gasteiger partial charge in [-0.15, -0.1) is 0 Å². The minimum atomic E-state index is -0.332. The molecule has 0 bridgehead atoms. The summed E-state index contributed by atoms with van der Waals surface area (Å²) in [4.78, 5) is 25.2. The van der Waals surface area contributed by atoms with Crippen LogP contribution in [0, 0.1) is 0 Å². The number of nitrogens with zero attached hydrogens (tertiary/aromatic N) is 1. The minimum Gasteiger partial charge on any atom is -0.468 e. The van der Waals surface area contributed by atoms with Crippen LogP contribution in [0.3, 0.4) is 0 Å². The number of esters is 1. The molecule has 0 spiro atoms. The summed E-state index contributed by atoms with van der Waals surface area (Å²) in [6.07, 6.45) is 1.30. The van der Waals surface area contributed by atoms with E-state index in [1.807, 2.05) is 30.3 Å². The molecule has 6 heteroatoms. The largest absolute Gasteiger partial charge is 0.468 e. The van der Waals surface area contributed by atoms with Crippen LogP contribution in [0.4, 0.5) is 4.79 Å². The average Bonchev–Trinajstić information content (AvgIpc) is 2.60. The molecule has 1 fully saturated rings. The Balaban J connectivity index is 1.71. The number of likely N-dealkylation sites (tertiary alicyclic amines) is 1. The molecule has 2 rings (SSSR count). The highest BCUT2D eigenvalue weighted by Crippen LogP contribution is 2.13. The van der Waals surface area contributed by atoms with E-state index in [9.17, 15) is 9.59 Å². The summed E-state index contributed by atoms with van der Waals surface area (Å²) >= 11 is 0. The number of hydrogen-bond acceptors (Lipinski definition) is 5. The number of rotatable bonds is 5. The zero-order chi connectivity index (χ0) is 16.7. The second kappa shape index (κ2) is 8.53. The van der Waals surface area contributed by atoms with Crippen LogP contribution in [0.25, 0.3) is 0 Å². The van der Waals surface area contributed by atoms with E-state index in [0.717, 1.165) is 18.4 Å². The van der Waals surface area contributed by atoms with Crippen LogP contribution < -0.4 is 5.32 Å². The molecule has 0 unspecified atom stereocenters. The maximum Gasteiger partial charge on any atom is 0.410 e. The second-order valence-corrected chi connectivity index (χ2v) is 5.71. The van der Waals surface area contributed by atoms with Crippen molar-refractivity contribution in [1.29, 1.82) is 0 Å². The zero-order valence-electron chi connectivity index (χ0n) is 13.7. The number of nitrogens with one attached hydrogen (secondary N) is 1. The maximum absolute atomic E-state index is 12.1.